The van der Waals surface area contributed by atoms with Gasteiger partial charge in [-0.1, -0.05) is 6.92 Å². The lowest BCUT2D eigenvalue weighted by Gasteiger charge is -2.35. The van der Waals surface area contributed by atoms with Gasteiger partial charge < -0.3 is 10.0 Å². The van der Waals surface area contributed by atoms with Crippen LogP contribution in [0.2, 0.25) is 0 Å². The van der Waals surface area contributed by atoms with Gasteiger partial charge in [0.2, 0.25) is 0 Å². The lowest BCUT2D eigenvalue weighted by Crippen LogP contribution is -2.50. The monoisotopic (exact) mass is 344 g/mol. The molecule has 0 unspecified atom stereocenters. The molecule has 0 aliphatic carbocycles. The summed E-state index contributed by atoms with van der Waals surface area (Å²) in [4.78, 5) is 16.4. The number of amides is 1. The Morgan fingerprint density at radius 1 is 1.45 bits per heavy atom. The van der Waals surface area contributed by atoms with Gasteiger partial charge in [0.05, 0.1) is 10.6 Å². The van der Waals surface area contributed by atoms with Crippen molar-refractivity contribution in [1.82, 2.24) is 20.0 Å². The summed E-state index contributed by atoms with van der Waals surface area (Å²) >= 11 is 3.39. The Labute approximate surface area is 127 Å². The average Bonchev–Trinajstić information content (AvgIpc) is 2.79. The van der Waals surface area contributed by atoms with Gasteiger partial charge in [-0.25, -0.2) is 0 Å². The van der Waals surface area contributed by atoms with Gasteiger partial charge in [0.15, 0.2) is 5.69 Å². The molecule has 0 radical (unpaired) electrons. The van der Waals surface area contributed by atoms with Crippen LogP contribution in [0.25, 0.3) is 0 Å². The van der Waals surface area contributed by atoms with Crippen LogP contribution >= 0.6 is 15.9 Å². The fraction of sp³-hybridized carbons (Fsp3) is 0.692. The quantitative estimate of drug-likeness (QED) is 0.854. The van der Waals surface area contributed by atoms with Gasteiger partial charge in [0.25, 0.3) is 5.91 Å². The molecule has 1 aliphatic heterocycles. The van der Waals surface area contributed by atoms with Gasteiger partial charge in [0, 0.05) is 38.4 Å². The van der Waals surface area contributed by atoms with E-state index in [1.165, 1.54) is 0 Å². The number of H-pyrrole nitrogens is 1. The van der Waals surface area contributed by atoms with E-state index in [-0.39, 0.29) is 12.0 Å². The van der Waals surface area contributed by atoms with Crippen molar-refractivity contribution in [2.75, 3.05) is 32.7 Å². The second-order valence-electron chi connectivity index (χ2n) is 5.17. The Morgan fingerprint density at radius 2 is 2.10 bits per heavy atom. The molecule has 0 bridgehead atoms. The maximum Gasteiger partial charge on any atom is 0.275 e. The van der Waals surface area contributed by atoms with Crippen LogP contribution in [0.15, 0.2) is 4.47 Å². The molecule has 112 valence electrons. The molecule has 2 rings (SSSR count). The van der Waals surface area contributed by atoms with Crippen molar-refractivity contribution in [1.29, 1.82) is 0 Å². The van der Waals surface area contributed by atoms with Crippen molar-refractivity contribution in [3.63, 3.8) is 0 Å². The molecule has 1 aliphatic rings. The number of carbonyl (C=O) groups is 1. The zero-order valence-corrected chi connectivity index (χ0v) is 13.5. The van der Waals surface area contributed by atoms with Crippen molar-refractivity contribution < 1.29 is 9.90 Å². The minimum atomic E-state index is -0.277. The Bertz CT molecular complexity index is 469. The van der Waals surface area contributed by atoms with E-state index in [4.69, 9.17) is 0 Å². The molecule has 2 N–H and O–H groups in total. The Balaban J connectivity index is 1.90. The van der Waals surface area contributed by atoms with Crippen LogP contribution in [0.1, 0.15) is 29.5 Å². The van der Waals surface area contributed by atoms with E-state index in [9.17, 15) is 9.90 Å². The number of β-amino-alcohol motifs (C(OH)–C–C–N with tert-alkyl or cyclic N) is 1. The summed E-state index contributed by atoms with van der Waals surface area (Å²) in [5.41, 5.74) is 1.31. The van der Waals surface area contributed by atoms with Crippen LogP contribution in [0, 0.1) is 6.92 Å². The van der Waals surface area contributed by atoms with E-state index in [0.717, 1.165) is 29.7 Å². The molecule has 2 heterocycles. The van der Waals surface area contributed by atoms with Crippen LogP contribution < -0.4 is 0 Å². The number of piperazine rings is 1. The molecular weight excluding hydrogens is 324 g/mol. The minimum absolute atomic E-state index is 0.0445. The molecule has 0 aromatic carbocycles. The highest BCUT2D eigenvalue weighted by Crippen LogP contribution is 2.20. The lowest BCUT2D eigenvalue weighted by atomic mass is 10.2. The third-order valence-corrected chi connectivity index (χ3v) is 4.65. The molecule has 1 aromatic heterocycles. The number of aryl methyl sites for hydroxylation is 1. The molecule has 7 heteroatoms. The predicted octanol–water partition coefficient (Wildman–Crippen LogP) is 1.01. The first-order chi connectivity index (χ1) is 9.52. The molecule has 6 nitrogen and oxygen atoms in total. The first kappa shape index (κ1) is 15.5. The van der Waals surface area contributed by atoms with Gasteiger partial charge in [-0.15, -0.1) is 0 Å². The summed E-state index contributed by atoms with van der Waals surface area (Å²) in [7, 11) is 0. The van der Waals surface area contributed by atoms with Gasteiger partial charge in [-0.2, -0.15) is 5.10 Å². The summed E-state index contributed by atoms with van der Waals surface area (Å²) < 4.78 is 0.742. The molecule has 20 heavy (non-hydrogen) atoms. The topological polar surface area (TPSA) is 72.5 Å². The molecule has 1 amide bonds. The van der Waals surface area contributed by atoms with Crippen molar-refractivity contribution >= 4 is 21.8 Å². The highest BCUT2D eigenvalue weighted by atomic mass is 79.9. The zero-order chi connectivity index (χ0) is 14.7. The summed E-state index contributed by atoms with van der Waals surface area (Å²) in [6, 6.07) is 0. The van der Waals surface area contributed by atoms with Gasteiger partial charge in [0.1, 0.15) is 0 Å². The van der Waals surface area contributed by atoms with Crippen LogP contribution in [0.3, 0.4) is 0 Å². The van der Waals surface area contributed by atoms with Gasteiger partial charge in [-0.05, 0) is 29.3 Å². The number of hydrogen-bond donors (Lipinski definition) is 2. The van der Waals surface area contributed by atoms with Gasteiger partial charge >= 0.3 is 0 Å². The third kappa shape index (κ3) is 3.39. The fourth-order valence-electron chi connectivity index (χ4n) is 2.27. The molecule has 1 aromatic rings. The Morgan fingerprint density at radius 3 is 2.60 bits per heavy atom. The molecule has 0 saturated carbocycles. The second kappa shape index (κ2) is 6.69. The number of aromatic nitrogens is 2. The Kier molecular flexibility index (Phi) is 5.17. The van der Waals surface area contributed by atoms with E-state index in [1.54, 1.807) is 0 Å². The molecule has 1 saturated heterocycles. The van der Waals surface area contributed by atoms with Crippen molar-refractivity contribution in [2.45, 2.75) is 26.4 Å². The number of aromatic amines is 1. The third-order valence-electron chi connectivity index (χ3n) is 3.67. The second-order valence-corrected chi connectivity index (χ2v) is 5.96. The predicted molar refractivity (Wildman–Crippen MR) is 79.7 cm³/mol. The SMILES string of the molecule is CC[C@H](O)CN1CCN(C(=O)c2n[nH]c(C)c2Br)CC1. The van der Waals surface area contributed by atoms with E-state index in [2.05, 4.69) is 31.0 Å². The van der Waals surface area contributed by atoms with Crippen LogP contribution in [0.4, 0.5) is 0 Å². The standard InChI is InChI=1S/C13H21BrN4O2/c1-3-10(19)8-17-4-6-18(7-5-17)13(20)12-11(14)9(2)15-16-12/h10,19H,3-8H2,1-2H3,(H,15,16)/t10-/m0/s1. The number of nitrogens with one attached hydrogen (secondary N) is 1. The van der Waals surface area contributed by atoms with Crippen LogP contribution in [-0.2, 0) is 0 Å². The number of aliphatic hydroxyl groups is 1. The molecule has 1 atom stereocenters. The number of hydrogen-bond acceptors (Lipinski definition) is 4. The van der Waals surface area contributed by atoms with E-state index in [0.29, 0.717) is 25.3 Å². The van der Waals surface area contributed by atoms with E-state index in [1.807, 2.05) is 18.7 Å². The highest BCUT2D eigenvalue weighted by Gasteiger charge is 2.26. The zero-order valence-electron chi connectivity index (χ0n) is 11.9. The summed E-state index contributed by atoms with van der Waals surface area (Å²) in [5, 5.41) is 16.5. The first-order valence-corrected chi connectivity index (χ1v) is 7.72. The first-order valence-electron chi connectivity index (χ1n) is 6.93. The average molecular weight is 345 g/mol. The van der Waals surface area contributed by atoms with Gasteiger partial charge in [-0.3, -0.25) is 14.8 Å². The minimum Gasteiger partial charge on any atom is -0.392 e. The normalized spacial score (nSPS) is 18.3. The summed E-state index contributed by atoms with van der Waals surface area (Å²) in [5.74, 6) is -0.0445. The van der Waals surface area contributed by atoms with Crippen molar-refractivity contribution in [3.8, 4) is 0 Å². The largest absolute Gasteiger partial charge is 0.392 e. The molecule has 0 spiro atoms. The molecular formula is C13H21BrN4O2. The van der Waals surface area contributed by atoms with Crippen LogP contribution in [0.5, 0.6) is 0 Å². The number of halogens is 1. The number of nitrogens with zero attached hydrogens (tertiary/aromatic N) is 3. The number of carbonyl (C=O) groups excluding carboxylic acids is 1. The highest BCUT2D eigenvalue weighted by molar-refractivity contribution is 9.10. The maximum absolute atomic E-state index is 12.4. The van der Waals surface area contributed by atoms with E-state index < -0.39 is 0 Å². The van der Waals surface area contributed by atoms with E-state index >= 15 is 0 Å². The number of aliphatic hydroxyl groups excluding tert-OH is 1. The van der Waals surface area contributed by atoms with Crippen molar-refractivity contribution in [3.05, 3.63) is 15.9 Å². The maximum atomic E-state index is 12.4. The smallest absolute Gasteiger partial charge is 0.275 e. The van der Waals surface area contributed by atoms with Crippen molar-refractivity contribution in [2.24, 2.45) is 0 Å². The summed E-state index contributed by atoms with van der Waals surface area (Å²) in [6.07, 6.45) is 0.485. The summed E-state index contributed by atoms with van der Waals surface area (Å²) in [6.45, 7) is 7.47. The van der Waals surface area contributed by atoms with Crippen LogP contribution in [-0.4, -0.2) is 69.8 Å². The number of rotatable bonds is 4. The lowest BCUT2D eigenvalue weighted by molar-refractivity contribution is 0.0518. The molecule has 1 fully saturated rings. The Hall–Kier alpha value is -0.920. The fourth-order valence-corrected chi connectivity index (χ4v) is 2.61.